The van der Waals surface area contributed by atoms with Crippen molar-refractivity contribution in [2.24, 2.45) is 29.4 Å². The molecule has 0 spiro atoms. The summed E-state index contributed by atoms with van der Waals surface area (Å²) in [5.41, 5.74) is 5.24. The van der Waals surface area contributed by atoms with E-state index in [1.807, 2.05) is 34.6 Å². The Bertz CT molecular complexity index is 447. The van der Waals surface area contributed by atoms with Crippen molar-refractivity contribution in [3.8, 4) is 11.8 Å². The first kappa shape index (κ1) is 21.3. The van der Waals surface area contributed by atoms with E-state index in [-0.39, 0.29) is 8.77 Å². The molecule has 23 heavy (non-hydrogen) atoms. The molecule has 1 fully saturated rings. The number of carbonyl (C=O) groups is 2. The highest BCUT2D eigenvalue weighted by Crippen LogP contribution is 2.48. The number of nitrogens with two attached hydrogens (primary N) is 1. The third kappa shape index (κ3) is 7.40. The molecule has 0 bridgehead atoms. The average molecular weight is 328 g/mol. The van der Waals surface area contributed by atoms with Crippen molar-refractivity contribution >= 4 is 12.0 Å². The molecule has 1 saturated carbocycles. The van der Waals surface area contributed by atoms with E-state index in [4.69, 9.17) is 10.5 Å². The molecule has 0 aliphatic heterocycles. The van der Waals surface area contributed by atoms with Crippen LogP contribution in [0.2, 0.25) is 0 Å². The standard InChI is InChI=1S/C16H26N2O3.C2H6.2H2/c1-5-6-7-8-12-11(4)13(12)9-21-16(20)18-14(10(2)3)15(17)19;1-2;;/h10-14H,7-9H2,1-4H3,(H2,17,19)(H,18,20);1-2H3;2*1H/t11-,12+,13+,14-;;;/m0.../s1. The summed E-state index contributed by atoms with van der Waals surface area (Å²) >= 11 is 0. The minimum Gasteiger partial charge on any atom is -0.449 e. The maximum absolute atomic E-state index is 11.7. The number of nitrogens with one attached hydrogen (secondary N) is 1. The van der Waals surface area contributed by atoms with E-state index in [1.165, 1.54) is 0 Å². The number of carbonyl (C=O) groups excluding carboxylic acids is 2. The largest absolute Gasteiger partial charge is 0.449 e. The van der Waals surface area contributed by atoms with Crippen molar-refractivity contribution in [3.05, 3.63) is 0 Å². The summed E-state index contributed by atoms with van der Waals surface area (Å²) in [4.78, 5) is 22.9. The molecule has 2 amide bonds. The number of rotatable bonds is 7. The van der Waals surface area contributed by atoms with Crippen molar-refractivity contribution in [2.75, 3.05) is 6.61 Å². The molecule has 0 aromatic rings. The zero-order chi connectivity index (χ0) is 18.0. The Morgan fingerprint density at radius 3 is 2.39 bits per heavy atom. The van der Waals surface area contributed by atoms with Crippen LogP contribution >= 0.6 is 0 Å². The lowest BCUT2D eigenvalue weighted by Gasteiger charge is -2.18. The van der Waals surface area contributed by atoms with Crippen molar-refractivity contribution in [1.29, 1.82) is 0 Å². The monoisotopic (exact) mass is 328 g/mol. The van der Waals surface area contributed by atoms with Crippen LogP contribution in [0.1, 0.15) is 57.2 Å². The van der Waals surface area contributed by atoms with Crippen LogP contribution < -0.4 is 11.1 Å². The van der Waals surface area contributed by atoms with E-state index in [1.54, 1.807) is 0 Å². The van der Waals surface area contributed by atoms with E-state index >= 15 is 0 Å². The predicted molar refractivity (Wildman–Crippen MR) is 96.7 cm³/mol. The van der Waals surface area contributed by atoms with Gasteiger partial charge >= 0.3 is 6.09 Å². The number of alkyl carbamates (subject to hydrolysis) is 1. The van der Waals surface area contributed by atoms with Crippen LogP contribution in [-0.2, 0) is 9.53 Å². The van der Waals surface area contributed by atoms with Crippen molar-refractivity contribution in [2.45, 2.75) is 60.4 Å². The van der Waals surface area contributed by atoms with Gasteiger partial charge in [0.15, 0.2) is 0 Å². The first-order chi connectivity index (χ1) is 10.9. The van der Waals surface area contributed by atoms with Gasteiger partial charge in [0.2, 0.25) is 5.91 Å². The highest BCUT2D eigenvalue weighted by Gasteiger charge is 2.46. The molecule has 0 unspecified atom stereocenters. The van der Waals surface area contributed by atoms with Crippen LogP contribution in [0.5, 0.6) is 0 Å². The smallest absolute Gasteiger partial charge is 0.407 e. The normalized spacial score (nSPS) is 22.8. The summed E-state index contributed by atoms with van der Waals surface area (Å²) in [7, 11) is 0. The fourth-order valence-electron chi connectivity index (χ4n) is 2.66. The minimum absolute atomic E-state index is 0. The second-order valence-corrected chi connectivity index (χ2v) is 6.02. The van der Waals surface area contributed by atoms with Crippen LogP contribution in [0, 0.1) is 35.5 Å². The molecule has 5 nitrogen and oxygen atoms in total. The topological polar surface area (TPSA) is 81.4 Å². The number of hydrogen-bond donors (Lipinski definition) is 2. The van der Waals surface area contributed by atoms with Gasteiger partial charge in [0, 0.05) is 9.27 Å². The van der Waals surface area contributed by atoms with Gasteiger partial charge in [0.1, 0.15) is 6.04 Å². The molecule has 0 aromatic carbocycles. The van der Waals surface area contributed by atoms with Gasteiger partial charge < -0.3 is 15.8 Å². The Morgan fingerprint density at radius 2 is 1.91 bits per heavy atom. The van der Waals surface area contributed by atoms with Gasteiger partial charge in [-0.05, 0) is 37.0 Å². The Morgan fingerprint density at radius 1 is 1.30 bits per heavy atom. The second-order valence-electron chi connectivity index (χ2n) is 6.02. The third-order valence-corrected chi connectivity index (χ3v) is 4.19. The molecule has 3 N–H and O–H groups in total. The van der Waals surface area contributed by atoms with Gasteiger partial charge in [-0.15, -0.1) is 11.8 Å². The van der Waals surface area contributed by atoms with Crippen LogP contribution in [0.3, 0.4) is 0 Å². The first-order valence-electron chi connectivity index (χ1n) is 8.50. The Labute approximate surface area is 143 Å². The van der Waals surface area contributed by atoms with E-state index in [0.717, 1.165) is 12.8 Å². The molecular weight excluding hydrogens is 292 g/mol. The van der Waals surface area contributed by atoms with Gasteiger partial charge in [0.25, 0.3) is 0 Å². The molecule has 1 aliphatic rings. The van der Waals surface area contributed by atoms with Gasteiger partial charge in [-0.25, -0.2) is 4.79 Å². The molecule has 136 valence electrons. The van der Waals surface area contributed by atoms with Gasteiger partial charge in [-0.3, -0.25) is 4.79 Å². The fourth-order valence-corrected chi connectivity index (χ4v) is 2.66. The SMILES string of the molecule is CC.CC#CCC[C@@H]1[C@H](C)[C@H]1COC(=O)N[C@H](C(N)=O)C(C)C.[HH].[HH]. The molecule has 1 rings (SSSR count). The molecule has 0 saturated heterocycles. The molecule has 1 aliphatic carbocycles. The van der Waals surface area contributed by atoms with Crippen molar-refractivity contribution in [1.82, 2.24) is 5.32 Å². The zero-order valence-corrected chi connectivity index (χ0v) is 15.3. The highest BCUT2D eigenvalue weighted by molar-refractivity contribution is 5.84. The number of primary amides is 1. The molecule has 5 heteroatoms. The lowest BCUT2D eigenvalue weighted by atomic mass is 10.0. The van der Waals surface area contributed by atoms with Crippen LogP contribution in [0.25, 0.3) is 0 Å². The number of hydrogen-bond acceptors (Lipinski definition) is 3. The first-order valence-corrected chi connectivity index (χ1v) is 8.50. The number of amides is 2. The van der Waals surface area contributed by atoms with E-state index in [0.29, 0.717) is 24.4 Å². The lowest BCUT2D eigenvalue weighted by Crippen LogP contribution is -2.48. The van der Waals surface area contributed by atoms with Gasteiger partial charge in [0.05, 0.1) is 6.61 Å². The van der Waals surface area contributed by atoms with Crippen molar-refractivity contribution < 1.29 is 17.2 Å². The van der Waals surface area contributed by atoms with E-state index < -0.39 is 18.0 Å². The Kier molecular flexibility index (Phi) is 10.1. The molecule has 4 atom stereocenters. The predicted octanol–water partition coefficient (Wildman–Crippen LogP) is 3.43. The van der Waals surface area contributed by atoms with Crippen LogP contribution in [-0.4, -0.2) is 24.6 Å². The molecule has 0 aromatic heterocycles. The van der Waals surface area contributed by atoms with E-state index in [9.17, 15) is 9.59 Å². The van der Waals surface area contributed by atoms with Gasteiger partial charge in [-0.2, -0.15) is 0 Å². The van der Waals surface area contributed by atoms with E-state index in [2.05, 4.69) is 24.1 Å². The second kappa shape index (κ2) is 10.9. The minimum atomic E-state index is -0.690. The Hall–Kier alpha value is -1.70. The van der Waals surface area contributed by atoms with Crippen LogP contribution in [0.15, 0.2) is 0 Å². The highest BCUT2D eigenvalue weighted by atomic mass is 16.5. The summed E-state index contributed by atoms with van der Waals surface area (Å²) in [6.45, 7) is 12.0. The summed E-state index contributed by atoms with van der Waals surface area (Å²) in [5.74, 6) is 6.88. The molecule has 0 heterocycles. The maximum atomic E-state index is 11.7. The summed E-state index contributed by atoms with van der Waals surface area (Å²) in [6.07, 6.45) is 1.37. The number of ether oxygens (including phenoxy) is 1. The lowest BCUT2D eigenvalue weighted by molar-refractivity contribution is -0.120. The molecular formula is C18H36N2O3. The summed E-state index contributed by atoms with van der Waals surface area (Å²) in [6, 6.07) is -0.690. The molecule has 0 radical (unpaired) electrons. The van der Waals surface area contributed by atoms with Crippen molar-refractivity contribution in [3.63, 3.8) is 0 Å². The zero-order valence-electron chi connectivity index (χ0n) is 15.3. The third-order valence-electron chi connectivity index (χ3n) is 4.19. The quantitative estimate of drug-likeness (QED) is 0.703. The summed E-state index contributed by atoms with van der Waals surface area (Å²) in [5, 5.41) is 2.52. The van der Waals surface area contributed by atoms with Gasteiger partial charge in [-0.1, -0.05) is 34.6 Å². The van der Waals surface area contributed by atoms with Crippen LogP contribution in [0.4, 0.5) is 4.79 Å². The maximum Gasteiger partial charge on any atom is 0.407 e. The average Bonchev–Trinajstić information content (AvgIpc) is 3.13. The Balaban J connectivity index is -0.00000116. The summed E-state index contributed by atoms with van der Waals surface area (Å²) < 4.78 is 5.21. The fraction of sp³-hybridized carbons (Fsp3) is 0.778.